The van der Waals surface area contributed by atoms with Crippen molar-refractivity contribution in [1.29, 1.82) is 0 Å². The first-order chi connectivity index (χ1) is 15.9. The van der Waals surface area contributed by atoms with E-state index in [0.29, 0.717) is 36.3 Å². The van der Waals surface area contributed by atoms with Gasteiger partial charge < -0.3 is 10.2 Å². The first-order valence-corrected chi connectivity index (χ1v) is 11.3. The average molecular weight is 472 g/mol. The summed E-state index contributed by atoms with van der Waals surface area (Å²) in [5, 5.41) is 17.9. The van der Waals surface area contributed by atoms with Crippen LogP contribution in [0.5, 0.6) is 0 Å². The molecule has 1 N–H and O–H groups in total. The van der Waals surface area contributed by atoms with E-state index in [4.69, 9.17) is 0 Å². The lowest BCUT2D eigenvalue weighted by atomic mass is 9.95. The molecular weight excluding hydrogens is 453 g/mol. The number of anilines is 2. The van der Waals surface area contributed by atoms with Crippen LogP contribution in [-0.4, -0.2) is 38.8 Å². The Bertz CT molecular complexity index is 1280. The van der Waals surface area contributed by atoms with E-state index in [1.165, 1.54) is 6.07 Å². The lowest BCUT2D eigenvalue weighted by Crippen LogP contribution is -2.38. The van der Waals surface area contributed by atoms with Crippen LogP contribution in [0.2, 0.25) is 0 Å². The van der Waals surface area contributed by atoms with Crippen LogP contribution in [0.25, 0.3) is 16.8 Å². The Kier molecular flexibility index (Phi) is 5.49. The Morgan fingerprint density at radius 1 is 1.06 bits per heavy atom. The summed E-state index contributed by atoms with van der Waals surface area (Å²) in [5.74, 6) is -0.998. The van der Waals surface area contributed by atoms with Crippen molar-refractivity contribution in [3.63, 3.8) is 0 Å². The summed E-state index contributed by atoms with van der Waals surface area (Å²) >= 11 is 1.62. The van der Waals surface area contributed by atoms with Crippen LogP contribution in [0.15, 0.2) is 53.2 Å². The van der Waals surface area contributed by atoms with E-state index < -0.39 is 12.0 Å². The zero-order chi connectivity index (χ0) is 23.0. The maximum Gasteiger partial charge on any atom is 0.453 e. The molecule has 0 spiro atoms. The maximum atomic E-state index is 13.1. The van der Waals surface area contributed by atoms with Gasteiger partial charge in [0.15, 0.2) is 5.65 Å². The summed E-state index contributed by atoms with van der Waals surface area (Å²) in [6.45, 7) is 1.02. The van der Waals surface area contributed by atoms with Crippen molar-refractivity contribution in [2.24, 2.45) is 5.92 Å². The Balaban J connectivity index is 1.24. The van der Waals surface area contributed by atoms with E-state index >= 15 is 0 Å². The fraction of sp³-hybridized carbons (Fsp3) is 0.273. The number of nitrogens with zero attached hydrogens (tertiary/aromatic N) is 5. The summed E-state index contributed by atoms with van der Waals surface area (Å²) < 4.78 is 40.1. The number of amides is 1. The molecule has 1 saturated heterocycles. The summed E-state index contributed by atoms with van der Waals surface area (Å²) in [4.78, 5) is 14.7. The zero-order valence-electron chi connectivity index (χ0n) is 17.3. The topological polar surface area (TPSA) is 75.4 Å². The smallest absolute Gasteiger partial charge is 0.355 e. The van der Waals surface area contributed by atoms with Gasteiger partial charge in [-0.25, -0.2) is 0 Å². The van der Waals surface area contributed by atoms with Gasteiger partial charge in [0, 0.05) is 24.7 Å². The summed E-state index contributed by atoms with van der Waals surface area (Å²) in [6.07, 6.45) is -3.50. The second kappa shape index (κ2) is 8.47. The molecule has 1 aliphatic heterocycles. The molecule has 0 unspecified atom stereocenters. The molecule has 1 aliphatic rings. The first-order valence-electron chi connectivity index (χ1n) is 10.4. The highest BCUT2D eigenvalue weighted by Crippen LogP contribution is 2.29. The highest BCUT2D eigenvalue weighted by molar-refractivity contribution is 7.08. The van der Waals surface area contributed by atoms with E-state index in [2.05, 4.69) is 26.0 Å². The van der Waals surface area contributed by atoms with Crippen molar-refractivity contribution in [2.45, 2.75) is 19.0 Å². The largest absolute Gasteiger partial charge is 0.453 e. The molecule has 0 saturated carbocycles. The Morgan fingerprint density at radius 2 is 1.88 bits per heavy atom. The number of thiophene rings is 1. The highest BCUT2D eigenvalue weighted by Gasteiger charge is 2.38. The number of aromatic nitrogens is 4. The van der Waals surface area contributed by atoms with Crippen LogP contribution in [0.4, 0.5) is 24.7 Å². The minimum Gasteiger partial charge on any atom is -0.355 e. The maximum absolute atomic E-state index is 13.1. The summed E-state index contributed by atoms with van der Waals surface area (Å²) in [5.41, 5.74) is 2.92. The van der Waals surface area contributed by atoms with Gasteiger partial charge in [0.05, 0.1) is 0 Å². The van der Waals surface area contributed by atoms with Gasteiger partial charge in [-0.2, -0.15) is 29.0 Å². The summed E-state index contributed by atoms with van der Waals surface area (Å²) in [7, 11) is 0. The van der Waals surface area contributed by atoms with E-state index in [0.717, 1.165) is 16.8 Å². The first kappa shape index (κ1) is 21.4. The van der Waals surface area contributed by atoms with Gasteiger partial charge in [0.2, 0.25) is 5.91 Å². The molecule has 5 rings (SSSR count). The van der Waals surface area contributed by atoms with Gasteiger partial charge in [-0.3, -0.25) is 4.79 Å². The number of hydrogen-bond donors (Lipinski definition) is 1. The van der Waals surface area contributed by atoms with Crippen LogP contribution in [0.1, 0.15) is 18.7 Å². The van der Waals surface area contributed by atoms with Crippen LogP contribution in [-0.2, 0) is 11.0 Å². The molecule has 11 heteroatoms. The fourth-order valence-electron chi connectivity index (χ4n) is 3.94. The van der Waals surface area contributed by atoms with Crippen molar-refractivity contribution in [3.8, 4) is 11.1 Å². The van der Waals surface area contributed by atoms with Crippen molar-refractivity contribution < 1.29 is 18.0 Å². The quantitative estimate of drug-likeness (QED) is 0.465. The van der Waals surface area contributed by atoms with Crippen molar-refractivity contribution >= 4 is 34.4 Å². The summed E-state index contributed by atoms with van der Waals surface area (Å²) in [6, 6.07) is 12.8. The molecule has 0 aliphatic carbocycles. The number of nitrogens with one attached hydrogen (secondary N) is 1. The number of rotatable bonds is 4. The third-order valence-corrected chi connectivity index (χ3v) is 6.36. The van der Waals surface area contributed by atoms with Crippen molar-refractivity contribution in [3.05, 3.63) is 59.0 Å². The Hall–Kier alpha value is -3.47. The molecule has 0 bridgehead atoms. The second-order valence-corrected chi connectivity index (χ2v) is 8.61. The number of carbonyl (C=O) groups excluding carboxylic acids is 1. The van der Waals surface area contributed by atoms with Gasteiger partial charge in [-0.15, -0.1) is 15.3 Å². The van der Waals surface area contributed by atoms with Crippen LogP contribution in [0.3, 0.4) is 0 Å². The number of alkyl halides is 3. The normalized spacial score (nSPS) is 15.2. The Labute approximate surface area is 190 Å². The third-order valence-electron chi connectivity index (χ3n) is 5.68. The van der Waals surface area contributed by atoms with Gasteiger partial charge in [-0.05, 0) is 65.1 Å². The number of benzene rings is 1. The number of carbonyl (C=O) groups is 1. The standard InChI is InChI=1S/C22H19F3N6OS/c23-22(24,25)21-28-27-18-4-5-19(29-31(18)21)30-9-6-14(7-10-30)20(32)26-17-3-1-2-15(12-17)16-8-11-33-13-16/h1-5,8,11-14H,6-7,9-10H2,(H,26,32). The molecule has 4 heterocycles. The van der Waals surface area contributed by atoms with E-state index in [-0.39, 0.29) is 17.5 Å². The predicted molar refractivity (Wildman–Crippen MR) is 119 cm³/mol. The third kappa shape index (κ3) is 4.40. The van der Waals surface area contributed by atoms with Crippen LogP contribution < -0.4 is 10.2 Å². The van der Waals surface area contributed by atoms with Gasteiger partial charge in [0.25, 0.3) is 5.82 Å². The molecule has 1 amide bonds. The molecule has 0 radical (unpaired) electrons. The van der Waals surface area contributed by atoms with Gasteiger partial charge >= 0.3 is 6.18 Å². The number of hydrogen-bond acceptors (Lipinski definition) is 6. The molecule has 170 valence electrons. The zero-order valence-corrected chi connectivity index (χ0v) is 18.1. The molecule has 33 heavy (non-hydrogen) atoms. The Morgan fingerprint density at radius 3 is 2.61 bits per heavy atom. The molecule has 0 atom stereocenters. The lowest BCUT2D eigenvalue weighted by Gasteiger charge is -2.32. The average Bonchev–Trinajstić information content (AvgIpc) is 3.49. The van der Waals surface area contributed by atoms with Crippen molar-refractivity contribution in [1.82, 2.24) is 19.8 Å². The number of piperidine rings is 1. The number of fused-ring (bicyclic) bond motifs is 1. The molecule has 4 aromatic rings. The molecule has 1 fully saturated rings. The minimum absolute atomic E-state index is 0.0324. The minimum atomic E-state index is -4.64. The highest BCUT2D eigenvalue weighted by atomic mass is 32.1. The second-order valence-electron chi connectivity index (χ2n) is 7.83. The van der Waals surface area contributed by atoms with E-state index in [9.17, 15) is 18.0 Å². The molecule has 7 nitrogen and oxygen atoms in total. The molecular formula is C22H19F3N6OS. The fourth-order valence-corrected chi connectivity index (χ4v) is 4.61. The SMILES string of the molecule is O=C(Nc1cccc(-c2ccsc2)c1)C1CCN(c2ccc3nnc(C(F)(F)F)n3n2)CC1. The number of halogens is 3. The van der Waals surface area contributed by atoms with Crippen LogP contribution in [0, 0.1) is 5.92 Å². The monoisotopic (exact) mass is 472 g/mol. The van der Waals surface area contributed by atoms with E-state index in [1.807, 2.05) is 40.6 Å². The van der Waals surface area contributed by atoms with Gasteiger partial charge in [0.1, 0.15) is 5.82 Å². The molecule has 3 aromatic heterocycles. The van der Waals surface area contributed by atoms with Crippen molar-refractivity contribution in [2.75, 3.05) is 23.3 Å². The lowest BCUT2D eigenvalue weighted by molar-refractivity contribution is -0.146. The van der Waals surface area contributed by atoms with Crippen LogP contribution >= 0.6 is 11.3 Å². The molecule has 1 aromatic carbocycles. The predicted octanol–water partition coefficient (Wildman–Crippen LogP) is 4.73. The van der Waals surface area contributed by atoms with Gasteiger partial charge in [-0.1, -0.05) is 12.1 Å². The van der Waals surface area contributed by atoms with E-state index in [1.54, 1.807) is 17.4 Å².